The van der Waals surface area contributed by atoms with E-state index in [2.05, 4.69) is 34.5 Å². The molecule has 1 aromatic rings. The molecule has 2 unspecified atom stereocenters. The second kappa shape index (κ2) is 4.59. The fourth-order valence-corrected chi connectivity index (χ4v) is 2.96. The average Bonchev–Trinajstić information content (AvgIpc) is 2.72. The van der Waals surface area contributed by atoms with Gasteiger partial charge in [0.2, 0.25) is 0 Å². The van der Waals surface area contributed by atoms with E-state index in [1.54, 1.807) is 0 Å². The number of nitrogens with one attached hydrogen (secondary N) is 1. The van der Waals surface area contributed by atoms with Crippen molar-refractivity contribution in [3.63, 3.8) is 0 Å². The van der Waals surface area contributed by atoms with Gasteiger partial charge in [0.15, 0.2) is 5.78 Å². The van der Waals surface area contributed by atoms with Crippen molar-refractivity contribution < 1.29 is 4.79 Å². The molecule has 3 rings (SSSR count). The molecule has 17 heavy (non-hydrogen) atoms. The van der Waals surface area contributed by atoms with Gasteiger partial charge in [0.05, 0.1) is 6.54 Å². The summed E-state index contributed by atoms with van der Waals surface area (Å²) >= 11 is 0. The van der Waals surface area contributed by atoms with Crippen molar-refractivity contribution in [2.45, 2.75) is 19.0 Å². The van der Waals surface area contributed by atoms with Crippen molar-refractivity contribution in [2.24, 2.45) is 5.92 Å². The summed E-state index contributed by atoms with van der Waals surface area (Å²) in [6.45, 7) is 3.63. The van der Waals surface area contributed by atoms with E-state index < -0.39 is 0 Å². The van der Waals surface area contributed by atoms with E-state index in [0.717, 1.165) is 26.1 Å². The first-order valence-corrected chi connectivity index (χ1v) is 6.35. The summed E-state index contributed by atoms with van der Waals surface area (Å²) in [6, 6.07) is 10.9. The zero-order valence-electron chi connectivity index (χ0n) is 9.93. The fraction of sp³-hybridized carbons (Fsp3) is 0.500. The lowest BCUT2D eigenvalue weighted by Gasteiger charge is -2.34. The van der Waals surface area contributed by atoms with E-state index in [9.17, 15) is 4.79 Å². The Morgan fingerprint density at radius 3 is 2.94 bits per heavy atom. The minimum absolute atomic E-state index is 0.280. The monoisotopic (exact) mass is 230 g/mol. The van der Waals surface area contributed by atoms with Crippen LogP contribution in [0.3, 0.4) is 0 Å². The molecule has 0 bridgehead atoms. The van der Waals surface area contributed by atoms with E-state index >= 15 is 0 Å². The Kier molecular flexibility index (Phi) is 2.95. The zero-order valence-corrected chi connectivity index (χ0v) is 9.93. The minimum atomic E-state index is 0.280. The van der Waals surface area contributed by atoms with Crippen LogP contribution >= 0.6 is 0 Å². The molecule has 0 aliphatic carbocycles. The number of Topliss-reactive ketones (excluding diaryl/α,β-unsaturated/α-hetero) is 1. The number of nitrogens with zero attached hydrogens (tertiary/aromatic N) is 1. The van der Waals surface area contributed by atoms with Crippen LogP contribution in [0.15, 0.2) is 30.3 Å². The molecule has 2 fully saturated rings. The van der Waals surface area contributed by atoms with E-state index in [-0.39, 0.29) is 5.92 Å². The minimum Gasteiger partial charge on any atom is -0.305 e. The first kappa shape index (κ1) is 10.9. The third kappa shape index (κ3) is 2.26. The Morgan fingerprint density at radius 1 is 1.29 bits per heavy atom. The van der Waals surface area contributed by atoms with Gasteiger partial charge in [0.25, 0.3) is 0 Å². The Balaban J connectivity index is 1.62. The Labute approximate surface area is 102 Å². The highest BCUT2D eigenvalue weighted by Crippen LogP contribution is 2.23. The van der Waals surface area contributed by atoms with Gasteiger partial charge in [-0.3, -0.25) is 9.69 Å². The molecular weight excluding hydrogens is 212 g/mol. The average molecular weight is 230 g/mol. The van der Waals surface area contributed by atoms with Crippen molar-refractivity contribution in [2.75, 3.05) is 19.6 Å². The second-order valence-corrected chi connectivity index (χ2v) is 5.07. The largest absolute Gasteiger partial charge is 0.305 e. The molecular formula is C14H18N2O. The van der Waals surface area contributed by atoms with Gasteiger partial charge in [-0.15, -0.1) is 0 Å². The number of hydrogen-bond donors (Lipinski definition) is 1. The van der Waals surface area contributed by atoms with Crippen LogP contribution in [-0.4, -0.2) is 36.4 Å². The molecule has 2 aliphatic heterocycles. The van der Waals surface area contributed by atoms with Crippen LogP contribution in [0.25, 0.3) is 0 Å². The van der Waals surface area contributed by atoms with Crippen LogP contribution < -0.4 is 5.32 Å². The molecule has 0 saturated carbocycles. The summed E-state index contributed by atoms with van der Waals surface area (Å²) in [6.07, 6.45) is 1.02. The molecule has 0 aromatic heterocycles. The van der Waals surface area contributed by atoms with Gasteiger partial charge in [-0.25, -0.2) is 0 Å². The molecule has 0 radical (unpaired) electrons. The smallest absolute Gasteiger partial charge is 0.151 e. The predicted octanol–water partition coefficient (Wildman–Crippen LogP) is 1.05. The maximum Gasteiger partial charge on any atom is 0.151 e. The maximum atomic E-state index is 11.6. The summed E-state index contributed by atoms with van der Waals surface area (Å²) in [7, 11) is 0. The first-order valence-electron chi connectivity index (χ1n) is 6.35. The normalized spacial score (nSPS) is 29.3. The molecule has 2 saturated heterocycles. The van der Waals surface area contributed by atoms with Gasteiger partial charge >= 0.3 is 0 Å². The first-order chi connectivity index (χ1) is 8.33. The third-order valence-electron chi connectivity index (χ3n) is 3.90. The van der Waals surface area contributed by atoms with Crippen LogP contribution in [0.4, 0.5) is 0 Å². The van der Waals surface area contributed by atoms with Crippen LogP contribution in [-0.2, 0) is 11.3 Å². The van der Waals surface area contributed by atoms with Crippen molar-refractivity contribution in [1.82, 2.24) is 10.2 Å². The zero-order chi connectivity index (χ0) is 11.7. The van der Waals surface area contributed by atoms with E-state index in [0.29, 0.717) is 18.4 Å². The Bertz CT molecular complexity index is 404. The Hall–Kier alpha value is -1.19. The molecule has 1 N–H and O–H groups in total. The van der Waals surface area contributed by atoms with Gasteiger partial charge in [-0.05, 0) is 18.5 Å². The van der Waals surface area contributed by atoms with Crippen LogP contribution in [0.5, 0.6) is 0 Å². The number of fused-ring (bicyclic) bond motifs is 1. The summed E-state index contributed by atoms with van der Waals surface area (Å²) < 4.78 is 0. The number of likely N-dealkylation sites (tertiary alicyclic amines) is 1. The van der Waals surface area contributed by atoms with Crippen molar-refractivity contribution >= 4 is 5.78 Å². The van der Waals surface area contributed by atoms with Gasteiger partial charge in [-0.1, -0.05) is 30.3 Å². The number of rotatable bonds is 2. The van der Waals surface area contributed by atoms with E-state index in [1.807, 2.05) is 6.07 Å². The molecule has 0 amide bonds. The van der Waals surface area contributed by atoms with E-state index in [4.69, 9.17) is 0 Å². The molecule has 2 heterocycles. The van der Waals surface area contributed by atoms with Crippen molar-refractivity contribution in [3.8, 4) is 0 Å². The SMILES string of the molecule is O=C1CNC2CN(Cc3ccccc3)CCC12. The lowest BCUT2D eigenvalue weighted by atomic mass is 9.91. The van der Waals surface area contributed by atoms with Crippen LogP contribution in [0.2, 0.25) is 0 Å². The number of hydrogen-bond acceptors (Lipinski definition) is 3. The predicted molar refractivity (Wildman–Crippen MR) is 66.6 cm³/mol. The summed E-state index contributed by atoms with van der Waals surface area (Å²) in [5.74, 6) is 0.691. The van der Waals surface area contributed by atoms with Gasteiger partial charge in [0.1, 0.15) is 0 Å². The van der Waals surface area contributed by atoms with Gasteiger partial charge in [-0.2, -0.15) is 0 Å². The van der Waals surface area contributed by atoms with Crippen LogP contribution in [0, 0.1) is 5.92 Å². The number of benzene rings is 1. The molecule has 0 spiro atoms. The highest BCUT2D eigenvalue weighted by molar-refractivity contribution is 5.86. The number of piperidine rings is 1. The summed E-state index contributed by atoms with van der Waals surface area (Å²) in [5.41, 5.74) is 1.36. The van der Waals surface area contributed by atoms with E-state index in [1.165, 1.54) is 5.56 Å². The molecule has 3 nitrogen and oxygen atoms in total. The highest BCUT2D eigenvalue weighted by atomic mass is 16.1. The molecule has 2 atom stereocenters. The number of carbonyl (C=O) groups excluding carboxylic acids is 1. The molecule has 1 aromatic carbocycles. The van der Waals surface area contributed by atoms with Gasteiger partial charge in [0, 0.05) is 25.0 Å². The quantitative estimate of drug-likeness (QED) is 0.824. The topological polar surface area (TPSA) is 32.3 Å². The van der Waals surface area contributed by atoms with Crippen LogP contribution in [0.1, 0.15) is 12.0 Å². The van der Waals surface area contributed by atoms with Gasteiger partial charge < -0.3 is 5.32 Å². The molecule has 3 heteroatoms. The van der Waals surface area contributed by atoms with Crippen molar-refractivity contribution in [1.29, 1.82) is 0 Å². The highest BCUT2D eigenvalue weighted by Gasteiger charge is 2.38. The molecule has 2 aliphatic rings. The summed E-state index contributed by atoms with van der Waals surface area (Å²) in [4.78, 5) is 14.0. The number of ketones is 1. The maximum absolute atomic E-state index is 11.6. The molecule has 90 valence electrons. The fourth-order valence-electron chi connectivity index (χ4n) is 2.96. The third-order valence-corrected chi connectivity index (χ3v) is 3.90. The second-order valence-electron chi connectivity index (χ2n) is 5.07. The Morgan fingerprint density at radius 2 is 2.12 bits per heavy atom. The lowest BCUT2D eigenvalue weighted by Crippen LogP contribution is -2.46. The number of carbonyl (C=O) groups is 1. The van der Waals surface area contributed by atoms with Crippen molar-refractivity contribution in [3.05, 3.63) is 35.9 Å². The standard InChI is InChI=1S/C14H18N2O/c17-14-8-15-13-10-16(7-6-12(13)14)9-11-4-2-1-3-5-11/h1-5,12-13,15H,6-10H2. The summed E-state index contributed by atoms with van der Waals surface area (Å²) in [5, 5.41) is 3.33. The lowest BCUT2D eigenvalue weighted by molar-refractivity contribution is -0.120.